The van der Waals surface area contributed by atoms with Gasteiger partial charge in [0, 0.05) is 0 Å². The quantitative estimate of drug-likeness (QED) is 0.570. The van der Waals surface area contributed by atoms with E-state index in [0.29, 0.717) is 0 Å². The zero-order valence-corrected chi connectivity index (χ0v) is 4.60. The van der Waals surface area contributed by atoms with E-state index in [1.807, 2.05) is 0 Å². The molecule has 0 bridgehead atoms. The predicted octanol–water partition coefficient (Wildman–Crippen LogP) is 2.40. The van der Waals surface area contributed by atoms with E-state index in [-0.39, 0.29) is 11.3 Å². The molecular weight excluding hydrogens is 126 g/mol. The zero-order chi connectivity index (χ0) is 6.85. The highest BCUT2D eigenvalue weighted by atomic mass is 19.3. The fraction of sp³-hybridized carbons (Fsp3) is 0.167. The Morgan fingerprint density at radius 1 is 1.56 bits per heavy atom. The number of rotatable bonds is 1. The Balaban J connectivity index is 2.94. The minimum atomic E-state index is -2.55. The van der Waals surface area contributed by atoms with Crippen LogP contribution in [0.2, 0.25) is 0 Å². The largest absolute Gasteiger partial charge is 0.463 e. The first-order chi connectivity index (χ1) is 4.22. The second-order valence-electron chi connectivity index (χ2n) is 1.61. The van der Waals surface area contributed by atoms with Crippen LogP contribution in [-0.2, 0) is 0 Å². The maximum atomic E-state index is 11.7. The molecule has 0 atom stereocenters. The van der Waals surface area contributed by atoms with Gasteiger partial charge in [-0.3, -0.25) is 0 Å². The van der Waals surface area contributed by atoms with Gasteiger partial charge in [-0.1, -0.05) is 0 Å². The van der Waals surface area contributed by atoms with Crippen molar-refractivity contribution in [2.75, 3.05) is 0 Å². The number of furan rings is 1. The lowest BCUT2D eigenvalue weighted by Gasteiger charge is -1.92. The van der Waals surface area contributed by atoms with E-state index >= 15 is 0 Å². The fourth-order valence-corrected chi connectivity index (χ4v) is 0.539. The maximum Gasteiger partial charge on any atom is 0.295 e. The van der Waals surface area contributed by atoms with Crippen molar-refractivity contribution in [2.45, 2.75) is 6.43 Å². The highest BCUT2D eigenvalue weighted by molar-refractivity contribution is 5.20. The molecule has 1 aromatic heterocycles. The summed E-state index contributed by atoms with van der Waals surface area (Å²) in [6, 6.07) is 1.40. The molecule has 0 aromatic carbocycles. The first-order valence-electron chi connectivity index (χ1n) is 2.39. The first-order valence-corrected chi connectivity index (χ1v) is 2.39. The van der Waals surface area contributed by atoms with Crippen molar-refractivity contribution < 1.29 is 13.2 Å². The molecule has 3 heteroatoms. The Morgan fingerprint density at radius 2 is 2.22 bits per heavy atom. The van der Waals surface area contributed by atoms with Crippen LogP contribution in [0.5, 0.6) is 0 Å². The standard InChI is InChI=1S/C6H5F2O/c1-4-2-3-9-5(4)6(7)8/h2-3,6H,1H2. The van der Waals surface area contributed by atoms with E-state index in [1.165, 1.54) is 12.3 Å². The van der Waals surface area contributed by atoms with Crippen LogP contribution in [0.4, 0.5) is 8.78 Å². The Kier molecular flexibility index (Phi) is 1.51. The van der Waals surface area contributed by atoms with E-state index < -0.39 is 6.43 Å². The molecule has 0 saturated carbocycles. The highest BCUT2D eigenvalue weighted by Gasteiger charge is 2.12. The summed E-state index contributed by atoms with van der Waals surface area (Å²) in [7, 11) is 0. The number of hydrogen-bond donors (Lipinski definition) is 0. The summed E-state index contributed by atoms with van der Waals surface area (Å²) in [5, 5.41) is 0. The molecule has 0 N–H and O–H groups in total. The molecule has 1 heterocycles. The Hall–Kier alpha value is -0.860. The molecule has 0 aliphatic heterocycles. The molecule has 9 heavy (non-hydrogen) atoms. The number of alkyl halides is 2. The van der Waals surface area contributed by atoms with Crippen LogP contribution in [0.25, 0.3) is 0 Å². The van der Waals surface area contributed by atoms with Crippen LogP contribution in [0, 0.1) is 6.92 Å². The van der Waals surface area contributed by atoms with Crippen LogP contribution in [0.15, 0.2) is 16.7 Å². The molecule has 49 valence electrons. The molecule has 0 fully saturated rings. The van der Waals surface area contributed by atoms with Gasteiger partial charge in [-0.2, -0.15) is 0 Å². The predicted molar refractivity (Wildman–Crippen MR) is 28.1 cm³/mol. The maximum absolute atomic E-state index is 11.7. The van der Waals surface area contributed by atoms with Gasteiger partial charge in [0.25, 0.3) is 6.43 Å². The van der Waals surface area contributed by atoms with Gasteiger partial charge >= 0.3 is 0 Å². The van der Waals surface area contributed by atoms with E-state index in [2.05, 4.69) is 11.3 Å². The van der Waals surface area contributed by atoms with Crippen molar-refractivity contribution in [1.82, 2.24) is 0 Å². The number of halogens is 2. The SMILES string of the molecule is [CH2]c1ccoc1C(F)F. The molecule has 1 radical (unpaired) electrons. The summed E-state index contributed by atoms with van der Waals surface area (Å²) in [6.07, 6.45) is -1.35. The van der Waals surface area contributed by atoms with Crippen molar-refractivity contribution in [3.63, 3.8) is 0 Å². The second kappa shape index (κ2) is 2.17. The van der Waals surface area contributed by atoms with Crippen LogP contribution in [0.3, 0.4) is 0 Å². The third-order valence-corrected chi connectivity index (χ3v) is 0.979. The second-order valence-corrected chi connectivity index (χ2v) is 1.61. The van der Waals surface area contributed by atoms with Gasteiger partial charge in [-0.05, 0) is 18.6 Å². The molecule has 0 aliphatic rings. The van der Waals surface area contributed by atoms with E-state index in [1.54, 1.807) is 0 Å². The van der Waals surface area contributed by atoms with Crippen molar-refractivity contribution in [3.05, 3.63) is 30.6 Å². The molecule has 0 spiro atoms. The summed E-state index contributed by atoms with van der Waals surface area (Å²) in [5.41, 5.74) is 0.255. The van der Waals surface area contributed by atoms with Crippen molar-refractivity contribution in [3.8, 4) is 0 Å². The van der Waals surface area contributed by atoms with E-state index in [4.69, 9.17) is 0 Å². The smallest absolute Gasteiger partial charge is 0.295 e. The third kappa shape index (κ3) is 1.09. The van der Waals surface area contributed by atoms with Crippen molar-refractivity contribution in [2.24, 2.45) is 0 Å². The summed E-state index contributed by atoms with van der Waals surface area (Å²) in [4.78, 5) is 0. The molecular formula is C6H5F2O. The fourth-order valence-electron chi connectivity index (χ4n) is 0.539. The van der Waals surface area contributed by atoms with Crippen molar-refractivity contribution in [1.29, 1.82) is 0 Å². The molecule has 0 unspecified atom stereocenters. The lowest BCUT2D eigenvalue weighted by Crippen LogP contribution is -1.80. The normalized spacial score (nSPS) is 10.7. The molecule has 0 amide bonds. The lowest BCUT2D eigenvalue weighted by molar-refractivity contribution is 0.121. The molecule has 1 aromatic rings. The van der Waals surface area contributed by atoms with Crippen molar-refractivity contribution >= 4 is 0 Å². The van der Waals surface area contributed by atoms with E-state index in [9.17, 15) is 8.78 Å². The third-order valence-electron chi connectivity index (χ3n) is 0.979. The van der Waals surface area contributed by atoms with Gasteiger partial charge in [-0.15, -0.1) is 0 Å². The van der Waals surface area contributed by atoms with Gasteiger partial charge in [0.2, 0.25) is 0 Å². The van der Waals surface area contributed by atoms with E-state index in [0.717, 1.165) is 0 Å². The minimum Gasteiger partial charge on any atom is -0.463 e. The summed E-state index contributed by atoms with van der Waals surface area (Å²) < 4.78 is 27.9. The van der Waals surface area contributed by atoms with Crippen LogP contribution in [0.1, 0.15) is 17.7 Å². The molecule has 0 aliphatic carbocycles. The average Bonchev–Trinajstić information content (AvgIpc) is 2.13. The minimum absolute atomic E-state index is 0.255. The Morgan fingerprint density at radius 3 is 2.44 bits per heavy atom. The monoisotopic (exact) mass is 131 g/mol. The average molecular weight is 131 g/mol. The lowest BCUT2D eigenvalue weighted by atomic mass is 10.3. The van der Waals surface area contributed by atoms with Gasteiger partial charge in [0.05, 0.1) is 6.26 Å². The summed E-state index contributed by atoms with van der Waals surface area (Å²) in [6.45, 7) is 3.33. The number of hydrogen-bond acceptors (Lipinski definition) is 1. The molecule has 1 rings (SSSR count). The Bertz CT molecular complexity index is 193. The first kappa shape index (κ1) is 6.26. The molecule has 1 nitrogen and oxygen atoms in total. The van der Waals surface area contributed by atoms with Gasteiger partial charge in [0.15, 0.2) is 5.76 Å². The Labute approximate surface area is 51.3 Å². The van der Waals surface area contributed by atoms with Gasteiger partial charge in [0.1, 0.15) is 0 Å². The highest BCUT2D eigenvalue weighted by Crippen LogP contribution is 2.22. The molecule has 0 saturated heterocycles. The van der Waals surface area contributed by atoms with Crippen LogP contribution >= 0.6 is 0 Å². The van der Waals surface area contributed by atoms with Gasteiger partial charge < -0.3 is 4.42 Å². The van der Waals surface area contributed by atoms with Crippen LogP contribution in [-0.4, -0.2) is 0 Å². The van der Waals surface area contributed by atoms with Crippen LogP contribution < -0.4 is 0 Å². The van der Waals surface area contributed by atoms with Gasteiger partial charge in [-0.25, -0.2) is 8.78 Å². The topological polar surface area (TPSA) is 13.1 Å². The zero-order valence-electron chi connectivity index (χ0n) is 4.60. The summed E-state index contributed by atoms with van der Waals surface area (Å²) in [5.74, 6) is -0.338. The summed E-state index contributed by atoms with van der Waals surface area (Å²) >= 11 is 0.